The largest absolute Gasteiger partial charge is 0.294 e. The van der Waals surface area contributed by atoms with Crippen LogP contribution in [0.3, 0.4) is 0 Å². The lowest BCUT2D eigenvalue weighted by Crippen LogP contribution is -2.14. The predicted octanol–water partition coefficient (Wildman–Crippen LogP) is 4.23. The SMILES string of the molecule is CCC(CC)C(=O)c1cc(C)c(C)cc1C. The molecule has 0 atom stereocenters. The highest BCUT2D eigenvalue weighted by molar-refractivity contribution is 5.99. The van der Waals surface area contributed by atoms with Crippen molar-refractivity contribution in [1.29, 1.82) is 0 Å². The molecule has 0 heterocycles. The molecule has 0 fully saturated rings. The first-order valence-electron chi connectivity index (χ1n) is 6.13. The maximum Gasteiger partial charge on any atom is 0.166 e. The fourth-order valence-corrected chi connectivity index (χ4v) is 2.11. The molecule has 0 aliphatic carbocycles. The van der Waals surface area contributed by atoms with Crippen LogP contribution in [0.15, 0.2) is 12.1 Å². The van der Waals surface area contributed by atoms with Crippen molar-refractivity contribution in [3.63, 3.8) is 0 Å². The Morgan fingerprint density at radius 3 is 2.00 bits per heavy atom. The van der Waals surface area contributed by atoms with Crippen molar-refractivity contribution in [3.8, 4) is 0 Å². The van der Waals surface area contributed by atoms with Gasteiger partial charge in [0.25, 0.3) is 0 Å². The maximum atomic E-state index is 12.3. The van der Waals surface area contributed by atoms with E-state index in [4.69, 9.17) is 0 Å². The van der Waals surface area contributed by atoms with Crippen LogP contribution in [0, 0.1) is 26.7 Å². The van der Waals surface area contributed by atoms with Crippen LogP contribution in [0.2, 0.25) is 0 Å². The summed E-state index contributed by atoms with van der Waals surface area (Å²) in [6, 6.07) is 4.16. The molecule has 1 heteroatoms. The molecule has 1 nitrogen and oxygen atoms in total. The second kappa shape index (κ2) is 5.29. The van der Waals surface area contributed by atoms with Crippen LogP contribution >= 0.6 is 0 Å². The fourth-order valence-electron chi connectivity index (χ4n) is 2.11. The van der Waals surface area contributed by atoms with Gasteiger partial charge in [-0.3, -0.25) is 4.79 Å². The van der Waals surface area contributed by atoms with E-state index >= 15 is 0 Å². The van der Waals surface area contributed by atoms with Gasteiger partial charge < -0.3 is 0 Å². The summed E-state index contributed by atoms with van der Waals surface area (Å²) >= 11 is 0. The number of ketones is 1. The van der Waals surface area contributed by atoms with Crippen molar-refractivity contribution in [2.24, 2.45) is 5.92 Å². The first-order chi connectivity index (χ1) is 7.51. The minimum atomic E-state index is 0.181. The zero-order valence-electron chi connectivity index (χ0n) is 11.1. The monoisotopic (exact) mass is 218 g/mol. The average Bonchev–Trinajstić information content (AvgIpc) is 2.25. The summed E-state index contributed by atoms with van der Waals surface area (Å²) in [6.07, 6.45) is 1.86. The third kappa shape index (κ3) is 2.52. The number of hydrogen-bond acceptors (Lipinski definition) is 1. The molecule has 88 valence electrons. The summed E-state index contributed by atoms with van der Waals surface area (Å²) in [7, 11) is 0. The van der Waals surface area contributed by atoms with Gasteiger partial charge in [-0.25, -0.2) is 0 Å². The van der Waals surface area contributed by atoms with E-state index in [1.54, 1.807) is 0 Å². The van der Waals surface area contributed by atoms with Gasteiger partial charge in [0.15, 0.2) is 5.78 Å². The van der Waals surface area contributed by atoms with Crippen molar-refractivity contribution < 1.29 is 4.79 Å². The summed E-state index contributed by atoms with van der Waals surface area (Å²) in [4.78, 5) is 12.3. The van der Waals surface area contributed by atoms with Gasteiger partial charge in [0.2, 0.25) is 0 Å². The van der Waals surface area contributed by atoms with Crippen LogP contribution in [0.25, 0.3) is 0 Å². The summed E-state index contributed by atoms with van der Waals surface area (Å²) in [6.45, 7) is 10.4. The summed E-state index contributed by atoms with van der Waals surface area (Å²) in [5.41, 5.74) is 4.50. The molecule has 0 saturated carbocycles. The molecular formula is C15H22O. The van der Waals surface area contributed by atoms with Crippen molar-refractivity contribution in [3.05, 3.63) is 34.4 Å². The first-order valence-corrected chi connectivity index (χ1v) is 6.13. The van der Waals surface area contributed by atoms with Gasteiger partial charge >= 0.3 is 0 Å². The van der Waals surface area contributed by atoms with Crippen molar-refractivity contribution in [1.82, 2.24) is 0 Å². The van der Waals surface area contributed by atoms with Gasteiger partial charge in [0.1, 0.15) is 0 Å². The molecule has 0 radical (unpaired) electrons. The Morgan fingerprint density at radius 2 is 1.50 bits per heavy atom. The standard InChI is InChI=1S/C15H22O/c1-6-13(7-2)15(16)14-9-11(4)10(3)8-12(14)5/h8-9,13H,6-7H2,1-5H3. The molecule has 0 amide bonds. The lowest BCUT2D eigenvalue weighted by molar-refractivity contribution is 0.0912. The molecule has 16 heavy (non-hydrogen) atoms. The van der Waals surface area contributed by atoms with E-state index in [1.807, 2.05) is 13.0 Å². The van der Waals surface area contributed by atoms with Crippen LogP contribution in [0.4, 0.5) is 0 Å². The summed E-state index contributed by atoms with van der Waals surface area (Å²) < 4.78 is 0. The topological polar surface area (TPSA) is 17.1 Å². The molecule has 0 unspecified atom stereocenters. The molecule has 0 aliphatic rings. The van der Waals surface area contributed by atoms with E-state index < -0.39 is 0 Å². The fraction of sp³-hybridized carbons (Fsp3) is 0.533. The Balaban J connectivity index is 3.13. The molecule has 0 spiro atoms. The number of carbonyl (C=O) groups excluding carboxylic acids is 1. The Kier molecular flexibility index (Phi) is 4.28. The minimum Gasteiger partial charge on any atom is -0.294 e. The zero-order valence-corrected chi connectivity index (χ0v) is 11.1. The number of hydrogen-bond donors (Lipinski definition) is 0. The van der Waals surface area contributed by atoms with E-state index in [0.717, 1.165) is 24.0 Å². The predicted molar refractivity (Wildman–Crippen MR) is 69.1 cm³/mol. The highest BCUT2D eigenvalue weighted by Gasteiger charge is 2.18. The second-order valence-corrected chi connectivity index (χ2v) is 4.63. The average molecular weight is 218 g/mol. The molecule has 0 N–H and O–H groups in total. The Hall–Kier alpha value is -1.11. The third-order valence-corrected chi connectivity index (χ3v) is 3.46. The van der Waals surface area contributed by atoms with E-state index in [2.05, 4.69) is 33.8 Å². The minimum absolute atomic E-state index is 0.181. The van der Waals surface area contributed by atoms with Gasteiger partial charge in [0, 0.05) is 11.5 Å². The Morgan fingerprint density at radius 1 is 1.00 bits per heavy atom. The molecule has 1 rings (SSSR count). The molecule has 0 saturated heterocycles. The Bertz CT molecular complexity index is 387. The lowest BCUT2D eigenvalue weighted by atomic mass is 9.89. The summed E-state index contributed by atoms with van der Waals surface area (Å²) in [5, 5.41) is 0. The van der Waals surface area contributed by atoms with Gasteiger partial charge in [-0.1, -0.05) is 19.9 Å². The molecule has 1 aromatic carbocycles. The van der Waals surface area contributed by atoms with E-state index in [9.17, 15) is 4.79 Å². The first kappa shape index (κ1) is 13.0. The smallest absolute Gasteiger partial charge is 0.166 e. The molecule has 0 aromatic heterocycles. The van der Waals surface area contributed by atoms with Gasteiger partial charge in [-0.05, 0) is 56.4 Å². The highest BCUT2D eigenvalue weighted by atomic mass is 16.1. The number of Topliss-reactive ketones (excluding diaryl/α,β-unsaturated/α-hetero) is 1. The van der Waals surface area contributed by atoms with Crippen LogP contribution in [0.1, 0.15) is 53.7 Å². The van der Waals surface area contributed by atoms with Crippen LogP contribution in [-0.4, -0.2) is 5.78 Å². The molecular weight excluding hydrogens is 196 g/mol. The lowest BCUT2D eigenvalue weighted by Gasteiger charge is -2.14. The van der Waals surface area contributed by atoms with E-state index in [1.165, 1.54) is 11.1 Å². The molecule has 1 aromatic rings. The number of rotatable bonds is 4. The number of aryl methyl sites for hydroxylation is 3. The van der Waals surface area contributed by atoms with Crippen LogP contribution in [-0.2, 0) is 0 Å². The number of benzene rings is 1. The van der Waals surface area contributed by atoms with Gasteiger partial charge in [-0.2, -0.15) is 0 Å². The molecule has 0 aliphatic heterocycles. The van der Waals surface area contributed by atoms with Crippen molar-refractivity contribution >= 4 is 5.78 Å². The quantitative estimate of drug-likeness (QED) is 0.691. The van der Waals surface area contributed by atoms with Gasteiger partial charge in [0.05, 0.1) is 0 Å². The van der Waals surface area contributed by atoms with Crippen LogP contribution < -0.4 is 0 Å². The number of carbonyl (C=O) groups is 1. The molecule has 0 bridgehead atoms. The van der Waals surface area contributed by atoms with Crippen molar-refractivity contribution in [2.75, 3.05) is 0 Å². The third-order valence-electron chi connectivity index (χ3n) is 3.46. The van der Waals surface area contributed by atoms with E-state index in [0.29, 0.717) is 5.78 Å². The zero-order chi connectivity index (χ0) is 12.3. The summed E-state index contributed by atoms with van der Waals surface area (Å²) in [5.74, 6) is 0.492. The van der Waals surface area contributed by atoms with Crippen LogP contribution in [0.5, 0.6) is 0 Å². The Labute approximate surface area is 98.9 Å². The van der Waals surface area contributed by atoms with Gasteiger partial charge in [-0.15, -0.1) is 0 Å². The van der Waals surface area contributed by atoms with Crippen molar-refractivity contribution in [2.45, 2.75) is 47.5 Å². The maximum absolute atomic E-state index is 12.3. The normalized spacial score (nSPS) is 10.9. The highest BCUT2D eigenvalue weighted by Crippen LogP contribution is 2.21. The van der Waals surface area contributed by atoms with E-state index in [-0.39, 0.29) is 5.92 Å². The second-order valence-electron chi connectivity index (χ2n) is 4.63.